The molecule has 2 heterocycles. The summed E-state index contributed by atoms with van der Waals surface area (Å²) in [4.78, 5) is 36.8. The summed E-state index contributed by atoms with van der Waals surface area (Å²) in [6.07, 6.45) is 0. The number of aromatic nitrogens is 2. The maximum atomic E-state index is 12.5. The van der Waals surface area contributed by atoms with E-state index in [1.54, 1.807) is 26.0 Å². The van der Waals surface area contributed by atoms with Gasteiger partial charge in [0.15, 0.2) is 6.61 Å². The summed E-state index contributed by atoms with van der Waals surface area (Å²) in [5.41, 5.74) is 2.11. The number of fused-ring (bicyclic) bond motifs is 1. The molecule has 9 nitrogen and oxygen atoms in total. The van der Waals surface area contributed by atoms with Crippen LogP contribution in [0.5, 0.6) is 0 Å². The van der Waals surface area contributed by atoms with E-state index in [9.17, 15) is 19.7 Å². The number of ether oxygens (including phenoxy) is 1. The largest absolute Gasteiger partial charge is 0.451 e. The fourth-order valence-electron chi connectivity index (χ4n) is 3.17. The highest BCUT2D eigenvalue weighted by Crippen LogP contribution is 2.31. The van der Waals surface area contributed by atoms with Crippen molar-refractivity contribution < 1.29 is 19.2 Å². The van der Waals surface area contributed by atoms with E-state index < -0.39 is 23.4 Å². The van der Waals surface area contributed by atoms with Gasteiger partial charge in [-0.15, -0.1) is 11.3 Å². The second kappa shape index (κ2) is 8.84. The molecular weight excluding hydrogens is 420 g/mol. The number of nitro benzene ring substituents is 1. The Kier molecular flexibility index (Phi) is 6.40. The number of thiophene rings is 1. The van der Waals surface area contributed by atoms with E-state index in [4.69, 9.17) is 4.74 Å². The minimum absolute atomic E-state index is 0.109. The number of aryl methyl sites for hydroxylation is 2. The highest BCUT2D eigenvalue weighted by Gasteiger charge is 2.22. The molecule has 3 rings (SSSR count). The van der Waals surface area contributed by atoms with Crippen LogP contribution in [0.25, 0.3) is 10.2 Å². The molecule has 2 aromatic heterocycles. The Morgan fingerprint density at radius 3 is 2.65 bits per heavy atom. The number of benzene rings is 1. The number of amides is 1. The third kappa shape index (κ3) is 4.74. The molecular formula is C21H24N4O5S. The van der Waals surface area contributed by atoms with Crippen molar-refractivity contribution in [2.75, 3.05) is 11.9 Å². The van der Waals surface area contributed by atoms with Gasteiger partial charge in [0.1, 0.15) is 15.4 Å². The lowest BCUT2D eigenvalue weighted by atomic mass is 10.1. The second-order valence-electron chi connectivity index (χ2n) is 7.77. The Bertz CT molecular complexity index is 1180. The minimum atomic E-state index is -0.645. The van der Waals surface area contributed by atoms with Gasteiger partial charge in [-0.3, -0.25) is 19.6 Å². The van der Waals surface area contributed by atoms with Crippen molar-refractivity contribution in [1.29, 1.82) is 0 Å². The third-order valence-corrected chi connectivity index (χ3v) is 5.98. The number of hydrogen-bond acceptors (Lipinski definition) is 7. The molecule has 1 aromatic carbocycles. The summed E-state index contributed by atoms with van der Waals surface area (Å²) in [6, 6.07) is 4.67. The van der Waals surface area contributed by atoms with Gasteiger partial charge >= 0.3 is 5.97 Å². The standard InChI is InChI=1S/C21H24N4O5S/c1-11(2)9-24-20-15(14(5)23-24)8-17(31-20)21(27)30-10-18(26)22-19-13(4)12(3)6-7-16(19)25(28)29/h6-8,11H,9-10H2,1-5H3,(H,22,26). The Morgan fingerprint density at radius 2 is 2.00 bits per heavy atom. The average Bonchev–Trinajstić information content (AvgIpc) is 3.24. The fraction of sp³-hybridized carbons (Fsp3) is 0.381. The Labute approximate surface area is 183 Å². The zero-order chi connectivity index (χ0) is 22.9. The van der Waals surface area contributed by atoms with E-state index in [1.165, 1.54) is 17.4 Å². The molecule has 0 spiro atoms. The van der Waals surface area contributed by atoms with Crippen molar-refractivity contribution in [3.05, 3.63) is 50.0 Å². The molecule has 0 saturated heterocycles. The lowest BCUT2D eigenvalue weighted by molar-refractivity contribution is -0.384. The monoisotopic (exact) mass is 444 g/mol. The quantitative estimate of drug-likeness (QED) is 0.328. The second-order valence-corrected chi connectivity index (χ2v) is 8.80. The summed E-state index contributed by atoms with van der Waals surface area (Å²) in [5, 5.41) is 19.2. The summed E-state index contributed by atoms with van der Waals surface area (Å²) in [6.45, 7) is 9.72. The SMILES string of the molecule is Cc1ccc([N+](=O)[O-])c(NC(=O)COC(=O)c2cc3c(C)nn(CC(C)C)c3s2)c1C. The summed E-state index contributed by atoms with van der Waals surface area (Å²) < 4.78 is 7.03. The lowest BCUT2D eigenvalue weighted by Gasteiger charge is -2.11. The van der Waals surface area contributed by atoms with E-state index in [1.807, 2.05) is 11.6 Å². The highest BCUT2D eigenvalue weighted by atomic mass is 32.1. The van der Waals surface area contributed by atoms with Gasteiger partial charge in [-0.25, -0.2) is 4.79 Å². The number of carbonyl (C=O) groups is 2. The molecule has 10 heteroatoms. The molecule has 0 unspecified atom stereocenters. The van der Waals surface area contributed by atoms with Crippen molar-refractivity contribution in [1.82, 2.24) is 9.78 Å². The third-order valence-electron chi connectivity index (χ3n) is 4.86. The molecule has 0 fully saturated rings. The van der Waals surface area contributed by atoms with Gasteiger partial charge in [-0.2, -0.15) is 5.10 Å². The Hall–Kier alpha value is -3.27. The number of esters is 1. The van der Waals surface area contributed by atoms with Gasteiger partial charge < -0.3 is 10.1 Å². The molecule has 1 N–H and O–H groups in total. The maximum Gasteiger partial charge on any atom is 0.348 e. The predicted octanol–water partition coefficient (Wildman–Crippen LogP) is 4.38. The van der Waals surface area contributed by atoms with Crippen LogP contribution in [0.1, 0.15) is 40.3 Å². The van der Waals surface area contributed by atoms with Crippen LogP contribution in [0, 0.1) is 36.8 Å². The average molecular weight is 445 g/mol. The first-order valence-corrected chi connectivity index (χ1v) is 10.6. The molecule has 1 amide bonds. The smallest absolute Gasteiger partial charge is 0.348 e. The first kappa shape index (κ1) is 22.4. The molecule has 0 aliphatic rings. The molecule has 0 atom stereocenters. The molecule has 164 valence electrons. The topological polar surface area (TPSA) is 116 Å². The van der Waals surface area contributed by atoms with Crippen molar-refractivity contribution in [3.8, 4) is 0 Å². The number of rotatable bonds is 7. The number of hydrogen-bond donors (Lipinski definition) is 1. The van der Waals surface area contributed by atoms with E-state index in [0.29, 0.717) is 16.4 Å². The summed E-state index contributed by atoms with van der Waals surface area (Å²) in [7, 11) is 0. The number of nitro groups is 1. The van der Waals surface area contributed by atoms with Crippen LogP contribution >= 0.6 is 11.3 Å². The fourth-order valence-corrected chi connectivity index (χ4v) is 4.24. The zero-order valence-corrected chi connectivity index (χ0v) is 18.8. The molecule has 0 aliphatic heterocycles. The van der Waals surface area contributed by atoms with E-state index in [0.717, 1.165) is 28.0 Å². The van der Waals surface area contributed by atoms with Gasteiger partial charge in [0, 0.05) is 18.0 Å². The van der Waals surface area contributed by atoms with E-state index >= 15 is 0 Å². The highest BCUT2D eigenvalue weighted by molar-refractivity contribution is 7.20. The predicted molar refractivity (Wildman–Crippen MR) is 119 cm³/mol. The van der Waals surface area contributed by atoms with Gasteiger partial charge in [-0.05, 0) is 43.9 Å². The number of nitrogens with zero attached hydrogens (tertiary/aromatic N) is 3. The zero-order valence-electron chi connectivity index (χ0n) is 18.0. The lowest BCUT2D eigenvalue weighted by Crippen LogP contribution is -2.21. The van der Waals surface area contributed by atoms with Crippen LogP contribution in [0.4, 0.5) is 11.4 Å². The molecule has 0 saturated carbocycles. The molecule has 0 bridgehead atoms. The van der Waals surface area contributed by atoms with Gasteiger partial charge in [0.2, 0.25) is 0 Å². The van der Waals surface area contributed by atoms with Crippen molar-refractivity contribution in [3.63, 3.8) is 0 Å². The molecule has 31 heavy (non-hydrogen) atoms. The molecule has 3 aromatic rings. The molecule has 0 aliphatic carbocycles. The Balaban J connectivity index is 1.71. The van der Waals surface area contributed by atoms with Gasteiger partial charge in [-0.1, -0.05) is 19.9 Å². The first-order valence-electron chi connectivity index (χ1n) is 9.77. The van der Waals surface area contributed by atoms with Crippen LogP contribution < -0.4 is 5.32 Å². The summed E-state index contributed by atoms with van der Waals surface area (Å²) in [5.74, 6) is -0.867. The van der Waals surface area contributed by atoms with Crippen molar-refractivity contribution in [2.24, 2.45) is 5.92 Å². The first-order chi connectivity index (χ1) is 14.6. The number of carbonyl (C=O) groups excluding carboxylic acids is 2. The molecule has 0 radical (unpaired) electrons. The van der Waals surface area contributed by atoms with Gasteiger partial charge in [0.25, 0.3) is 11.6 Å². The van der Waals surface area contributed by atoms with Gasteiger partial charge in [0.05, 0.1) is 10.6 Å². The van der Waals surface area contributed by atoms with E-state index in [-0.39, 0.29) is 11.4 Å². The van der Waals surface area contributed by atoms with E-state index in [2.05, 4.69) is 24.3 Å². The van der Waals surface area contributed by atoms with Crippen LogP contribution in [0.3, 0.4) is 0 Å². The van der Waals surface area contributed by atoms with Crippen LogP contribution in [0.2, 0.25) is 0 Å². The van der Waals surface area contributed by atoms with Crippen LogP contribution in [0.15, 0.2) is 18.2 Å². The number of anilines is 1. The Morgan fingerprint density at radius 1 is 1.29 bits per heavy atom. The summed E-state index contributed by atoms with van der Waals surface area (Å²) >= 11 is 1.27. The normalized spacial score (nSPS) is 11.2. The maximum absolute atomic E-state index is 12.5. The van der Waals surface area contributed by atoms with Crippen molar-refractivity contribution >= 4 is 44.8 Å². The van der Waals surface area contributed by atoms with Crippen LogP contribution in [-0.2, 0) is 16.1 Å². The number of nitrogens with one attached hydrogen (secondary N) is 1. The van der Waals surface area contributed by atoms with Crippen molar-refractivity contribution in [2.45, 2.75) is 41.2 Å². The van der Waals surface area contributed by atoms with Crippen LogP contribution in [-0.4, -0.2) is 33.2 Å². The minimum Gasteiger partial charge on any atom is -0.451 e.